The second-order valence-corrected chi connectivity index (χ2v) is 7.15. The second kappa shape index (κ2) is 8.15. The van der Waals surface area contributed by atoms with Crippen LogP contribution in [0.2, 0.25) is 0 Å². The van der Waals surface area contributed by atoms with Gasteiger partial charge < -0.3 is 20.4 Å². The molecular weight excluding hydrogens is 366 g/mol. The van der Waals surface area contributed by atoms with E-state index in [1.54, 1.807) is 11.0 Å². The van der Waals surface area contributed by atoms with Crippen molar-refractivity contribution >= 4 is 29.9 Å². The highest BCUT2D eigenvalue weighted by atomic mass is 35.5. The van der Waals surface area contributed by atoms with Crippen LogP contribution in [-0.4, -0.2) is 23.9 Å². The van der Waals surface area contributed by atoms with E-state index in [0.717, 1.165) is 42.5 Å². The minimum absolute atomic E-state index is 0. The Morgan fingerprint density at radius 1 is 1.19 bits per heavy atom. The number of anilines is 1. The van der Waals surface area contributed by atoms with Crippen LogP contribution in [0, 0.1) is 0 Å². The number of carbonyl (C=O) groups excluding carboxylic acids is 2. The zero-order valence-corrected chi connectivity index (χ0v) is 15.8. The number of carbonyl (C=O) groups is 2. The zero-order valence-electron chi connectivity index (χ0n) is 15.0. The molecule has 2 heterocycles. The van der Waals surface area contributed by atoms with Crippen molar-refractivity contribution in [2.45, 2.75) is 50.7 Å². The van der Waals surface area contributed by atoms with Gasteiger partial charge in [-0.05, 0) is 43.4 Å². The molecule has 7 heteroatoms. The maximum atomic E-state index is 12.6. The summed E-state index contributed by atoms with van der Waals surface area (Å²) in [6.45, 7) is 0.338. The van der Waals surface area contributed by atoms with Gasteiger partial charge in [0.05, 0.1) is 19.2 Å². The highest BCUT2D eigenvalue weighted by Crippen LogP contribution is 2.30. The van der Waals surface area contributed by atoms with Crippen LogP contribution in [0.4, 0.5) is 5.69 Å². The Labute approximate surface area is 164 Å². The van der Waals surface area contributed by atoms with Crippen LogP contribution in [0.1, 0.15) is 47.4 Å². The van der Waals surface area contributed by atoms with Crippen LogP contribution in [-0.2, 0) is 17.8 Å². The van der Waals surface area contributed by atoms with Gasteiger partial charge in [-0.3, -0.25) is 9.59 Å². The lowest BCUT2D eigenvalue weighted by molar-refractivity contribution is -0.117. The van der Waals surface area contributed by atoms with Crippen molar-refractivity contribution < 1.29 is 14.0 Å². The minimum atomic E-state index is -0.217. The van der Waals surface area contributed by atoms with Crippen LogP contribution in [0.15, 0.2) is 41.0 Å². The van der Waals surface area contributed by atoms with Crippen LogP contribution < -0.4 is 16.0 Å². The summed E-state index contributed by atoms with van der Waals surface area (Å²) in [6, 6.07) is 9.89. The van der Waals surface area contributed by atoms with Gasteiger partial charge in [0.1, 0.15) is 0 Å². The van der Waals surface area contributed by atoms with Crippen molar-refractivity contribution in [1.82, 2.24) is 5.32 Å². The Morgan fingerprint density at radius 3 is 2.70 bits per heavy atom. The number of hydrogen-bond acceptors (Lipinski definition) is 4. The number of furan rings is 1. The molecule has 4 rings (SSSR count). The van der Waals surface area contributed by atoms with Gasteiger partial charge in [-0.15, -0.1) is 12.4 Å². The number of halogens is 1. The summed E-state index contributed by atoms with van der Waals surface area (Å²) in [5.74, 6) is 0.113. The Kier molecular flexibility index (Phi) is 5.87. The fourth-order valence-corrected chi connectivity index (χ4v) is 3.83. The minimum Gasteiger partial charge on any atom is -0.459 e. The van der Waals surface area contributed by atoms with Crippen molar-refractivity contribution in [3.05, 3.63) is 53.5 Å². The van der Waals surface area contributed by atoms with Crippen LogP contribution in [0.3, 0.4) is 0 Å². The molecule has 27 heavy (non-hydrogen) atoms. The maximum Gasteiger partial charge on any atom is 0.287 e. The molecule has 2 aromatic rings. The fraction of sp³-hybridized carbons (Fsp3) is 0.400. The molecule has 2 amide bonds. The van der Waals surface area contributed by atoms with Crippen LogP contribution in [0.25, 0.3) is 0 Å². The summed E-state index contributed by atoms with van der Waals surface area (Å²) in [5, 5.41) is 3.05. The average molecular weight is 390 g/mol. The van der Waals surface area contributed by atoms with Gasteiger partial charge in [-0.1, -0.05) is 18.2 Å². The first-order valence-corrected chi connectivity index (χ1v) is 9.13. The third kappa shape index (κ3) is 4.01. The molecule has 1 aromatic heterocycles. The first-order valence-electron chi connectivity index (χ1n) is 9.13. The van der Waals surface area contributed by atoms with E-state index in [1.807, 2.05) is 24.3 Å². The van der Waals surface area contributed by atoms with Gasteiger partial charge in [0.2, 0.25) is 5.91 Å². The normalized spacial score (nSPS) is 21.5. The van der Waals surface area contributed by atoms with Crippen LogP contribution >= 0.6 is 12.4 Å². The summed E-state index contributed by atoms with van der Waals surface area (Å²) in [7, 11) is 0. The highest BCUT2D eigenvalue weighted by Gasteiger charge is 2.29. The molecule has 0 radical (unpaired) electrons. The summed E-state index contributed by atoms with van der Waals surface area (Å²) < 4.78 is 5.45. The summed E-state index contributed by atoms with van der Waals surface area (Å²) in [4.78, 5) is 26.7. The molecule has 3 N–H and O–H groups in total. The van der Waals surface area contributed by atoms with Crippen molar-refractivity contribution in [3.8, 4) is 0 Å². The number of benzene rings is 1. The molecule has 1 fully saturated rings. The molecule has 1 aliphatic carbocycles. The number of rotatable bonds is 4. The smallest absolute Gasteiger partial charge is 0.287 e. The summed E-state index contributed by atoms with van der Waals surface area (Å²) in [5.41, 5.74) is 8.57. The molecule has 1 aliphatic heterocycles. The number of nitrogens with one attached hydrogen (secondary N) is 1. The van der Waals surface area contributed by atoms with E-state index in [0.29, 0.717) is 13.0 Å². The average Bonchev–Trinajstić information content (AvgIpc) is 3.22. The lowest BCUT2D eigenvalue weighted by Crippen LogP contribution is -2.40. The molecule has 0 unspecified atom stereocenters. The molecule has 0 saturated heterocycles. The topological polar surface area (TPSA) is 88.6 Å². The Hall–Kier alpha value is -2.31. The summed E-state index contributed by atoms with van der Waals surface area (Å²) >= 11 is 0. The third-order valence-corrected chi connectivity index (χ3v) is 5.31. The Bertz CT molecular complexity index is 827. The van der Waals surface area contributed by atoms with E-state index in [1.165, 1.54) is 6.26 Å². The largest absolute Gasteiger partial charge is 0.459 e. The standard InChI is InChI=1S/C20H23N3O3.ClH/c21-15-5-7-16(8-6-15)22-20(25)19-14(9-10-26-19)12-23-17-4-2-1-3-13(17)11-18(23)24;/h1-4,9-10,15-16H,5-8,11-12,21H2,(H,22,25);1H. The van der Waals surface area contributed by atoms with Gasteiger partial charge in [-0.25, -0.2) is 0 Å². The molecule has 6 nitrogen and oxygen atoms in total. The van der Waals surface area contributed by atoms with Gasteiger partial charge in [-0.2, -0.15) is 0 Å². The SMILES string of the molecule is Cl.NC1CCC(NC(=O)c2occc2CN2C(=O)Cc3ccccc32)CC1. The zero-order chi connectivity index (χ0) is 18.1. The second-order valence-electron chi connectivity index (χ2n) is 7.15. The molecule has 2 aliphatic rings. The summed E-state index contributed by atoms with van der Waals surface area (Å²) in [6.07, 6.45) is 5.54. The van der Waals surface area contributed by atoms with E-state index < -0.39 is 0 Å². The molecule has 0 bridgehead atoms. The van der Waals surface area contributed by atoms with Crippen molar-refractivity contribution in [1.29, 1.82) is 0 Å². The molecule has 1 saturated carbocycles. The molecular formula is C20H24ClN3O3. The fourth-order valence-electron chi connectivity index (χ4n) is 3.83. The van der Waals surface area contributed by atoms with E-state index in [2.05, 4.69) is 5.32 Å². The Balaban J connectivity index is 0.00000210. The van der Waals surface area contributed by atoms with Crippen molar-refractivity contribution in [3.63, 3.8) is 0 Å². The van der Waals surface area contributed by atoms with E-state index in [-0.39, 0.29) is 42.1 Å². The van der Waals surface area contributed by atoms with Gasteiger partial charge in [0, 0.05) is 23.3 Å². The maximum absolute atomic E-state index is 12.6. The highest BCUT2D eigenvalue weighted by molar-refractivity contribution is 6.01. The lowest BCUT2D eigenvalue weighted by Gasteiger charge is -2.26. The van der Waals surface area contributed by atoms with Crippen molar-refractivity contribution in [2.24, 2.45) is 5.73 Å². The lowest BCUT2D eigenvalue weighted by atomic mass is 9.92. The number of fused-ring (bicyclic) bond motifs is 1. The van der Waals surface area contributed by atoms with Crippen LogP contribution in [0.5, 0.6) is 0 Å². The monoisotopic (exact) mass is 389 g/mol. The molecule has 144 valence electrons. The number of nitrogens with two attached hydrogens (primary N) is 1. The number of para-hydroxylation sites is 1. The number of amides is 2. The van der Waals surface area contributed by atoms with Crippen molar-refractivity contribution in [2.75, 3.05) is 4.90 Å². The van der Waals surface area contributed by atoms with E-state index in [9.17, 15) is 9.59 Å². The van der Waals surface area contributed by atoms with Gasteiger partial charge in [0.15, 0.2) is 5.76 Å². The van der Waals surface area contributed by atoms with E-state index in [4.69, 9.17) is 10.2 Å². The number of hydrogen-bond donors (Lipinski definition) is 2. The number of nitrogens with zero attached hydrogens (tertiary/aromatic N) is 1. The molecule has 1 aromatic carbocycles. The Morgan fingerprint density at radius 2 is 1.93 bits per heavy atom. The predicted octanol–water partition coefficient (Wildman–Crippen LogP) is 2.79. The molecule has 0 atom stereocenters. The third-order valence-electron chi connectivity index (χ3n) is 5.31. The van der Waals surface area contributed by atoms with E-state index >= 15 is 0 Å². The first kappa shape index (κ1) is 19.5. The molecule has 0 spiro atoms. The van der Waals surface area contributed by atoms with Gasteiger partial charge >= 0.3 is 0 Å². The quantitative estimate of drug-likeness (QED) is 0.841. The first-order chi connectivity index (χ1) is 12.6. The predicted molar refractivity (Wildman–Crippen MR) is 105 cm³/mol. The van der Waals surface area contributed by atoms with Gasteiger partial charge in [0.25, 0.3) is 5.91 Å².